The molecule has 1 aromatic heterocycles. The molecule has 0 saturated heterocycles. The monoisotopic (exact) mass is 455 g/mol. The van der Waals surface area contributed by atoms with Crippen LogP contribution in [-0.4, -0.2) is 42.5 Å². The first-order chi connectivity index (χ1) is 14.5. The number of aromatic nitrogens is 2. The number of carbonyl (C=O) groups is 2. The van der Waals surface area contributed by atoms with Gasteiger partial charge in [0.2, 0.25) is 5.91 Å². The van der Waals surface area contributed by atoms with Crippen LogP contribution in [0.25, 0.3) is 10.9 Å². The standard InChI is InChI=1S/C18H16F3N5O4S/c1-10-6-11(3-5-14(10)26-31(29,30)18(19,20)21)17(28)22-9-16(27)24-13-4-2-12-8-23-25-15(12)7-13/h2-8,26H,9H2,1H3,(H,22,28)(H,23,25)(H,24,27). The molecule has 2 amide bonds. The molecule has 0 fully saturated rings. The lowest BCUT2D eigenvalue weighted by Gasteiger charge is -2.13. The Labute approximate surface area is 174 Å². The highest BCUT2D eigenvalue weighted by Crippen LogP contribution is 2.27. The summed E-state index contributed by atoms with van der Waals surface area (Å²) in [6.07, 6.45) is 1.63. The Bertz CT molecular complexity index is 1250. The first-order valence-corrected chi connectivity index (χ1v) is 10.2. The van der Waals surface area contributed by atoms with E-state index in [1.54, 1.807) is 24.4 Å². The van der Waals surface area contributed by atoms with Crippen molar-refractivity contribution in [1.29, 1.82) is 0 Å². The number of nitrogens with one attached hydrogen (secondary N) is 4. The third kappa shape index (κ3) is 5.12. The highest BCUT2D eigenvalue weighted by molar-refractivity contribution is 7.93. The van der Waals surface area contributed by atoms with Gasteiger partial charge in [0.1, 0.15) is 0 Å². The molecule has 3 aromatic rings. The van der Waals surface area contributed by atoms with Gasteiger partial charge in [-0.15, -0.1) is 0 Å². The lowest BCUT2D eigenvalue weighted by Crippen LogP contribution is -2.33. The second-order valence-electron chi connectivity index (χ2n) is 6.48. The second-order valence-corrected chi connectivity index (χ2v) is 8.16. The number of hydrogen-bond acceptors (Lipinski definition) is 5. The first kappa shape index (κ1) is 22.1. The summed E-state index contributed by atoms with van der Waals surface area (Å²) in [6, 6.07) is 8.47. The topological polar surface area (TPSA) is 133 Å². The smallest absolute Gasteiger partial charge is 0.343 e. The van der Waals surface area contributed by atoms with Crippen LogP contribution in [-0.2, 0) is 14.8 Å². The molecule has 31 heavy (non-hydrogen) atoms. The zero-order valence-corrected chi connectivity index (χ0v) is 16.7. The second kappa shape index (κ2) is 8.26. The number of carbonyl (C=O) groups excluding carboxylic acids is 2. The largest absolute Gasteiger partial charge is 0.516 e. The third-order valence-electron chi connectivity index (χ3n) is 4.17. The van der Waals surface area contributed by atoms with Crippen LogP contribution in [0.3, 0.4) is 0 Å². The molecule has 0 saturated carbocycles. The van der Waals surface area contributed by atoms with Crippen molar-refractivity contribution < 1.29 is 31.2 Å². The summed E-state index contributed by atoms with van der Waals surface area (Å²) in [5, 5.41) is 12.5. The van der Waals surface area contributed by atoms with Gasteiger partial charge in [0.05, 0.1) is 23.9 Å². The summed E-state index contributed by atoms with van der Waals surface area (Å²) < 4.78 is 61.3. The van der Waals surface area contributed by atoms with Crippen LogP contribution >= 0.6 is 0 Å². The van der Waals surface area contributed by atoms with Crippen LogP contribution in [0.2, 0.25) is 0 Å². The maximum Gasteiger partial charge on any atom is 0.516 e. The van der Waals surface area contributed by atoms with Gasteiger partial charge in [0, 0.05) is 16.6 Å². The van der Waals surface area contributed by atoms with E-state index < -0.39 is 27.3 Å². The predicted octanol–water partition coefficient (Wildman–Crippen LogP) is 2.50. The van der Waals surface area contributed by atoms with Crippen LogP contribution in [0.1, 0.15) is 15.9 Å². The van der Waals surface area contributed by atoms with Crippen molar-refractivity contribution in [2.24, 2.45) is 0 Å². The highest BCUT2D eigenvalue weighted by Gasteiger charge is 2.46. The van der Waals surface area contributed by atoms with E-state index in [1.165, 1.54) is 17.7 Å². The number of alkyl halides is 3. The molecular formula is C18H16F3N5O4S. The van der Waals surface area contributed by atoms with Crippen molar-refractivity contribution in [2.45, 2.75) is 12.4 Å². The predicted molar refractivity (Wildman–Crippen MR) is 107 cm³/mol. The number of H-pyrrole nitrogens is 1. The van der Waals surface area contributed by atoms with E-state index in [-0.39, 0.29) is 23.4 Å². The highest BCUT2D eigenvalue weighted by atomic mass is 32.2. The Balaban J connectivity index is 1.60. The van der Waals surface area contributed by atoms with Gasteiger partial charge >= 0.3 is 15.5 Å². The zero-order chi connectivity index (χ0) is 22.8. The lowest BCUT2D eigenvalue weighted by atomic mass is 10.1. The van der Waals surface area contributed by atoms with Gasteiger partial charge in [-0.2, -0.15) is 26.7 Å². The van der Waals surface area contributed by atoms with Crippen molar-refractivity contribution in [3.05, 3.63) is 53.7 Å². The number of rotatable bonds is 6. The maximum atomic E-state index is 12.5. The molecule has 4 N–H and O–H groups in total. The summed E-state index contributed by atoms with van der Waals surface area (Å²) in [5.41, 5.74) is -4.44. The first-order valence-electron chi connectivity index (χ1n) is 8.67. The Morgan fingerprint density at radius 1 is 1.13 bits per heavy atom. The van der Waals surface area contributed by atoms with E-state index in [0.29, 0.717) is 5.69 Å². The number of aryl methyl sites for hydroxylation is 1. The van der Waals surface area contributed by atoms with Crippen LogP contribution in [0, 0.1) is 6.92 Å². The maximum absolute atomic E-state index is 12.5. The molecule has 1 heterocycles. The number of nitrogens with zero attached hydrogens (tertiary/aromatic N) is 1. The number of anilines is 2. The molecule has 0 bridgehead atoms. The van der Waals surface area contributed by atoms with Crippen LogP contribution < -0.4 is 15.4 Å². The van der Waals surface area contributed by atoms with Gasteiger partial charge in [-0.05, 0) is 48.9 Å². The van der Waals surface area contributed by atoms with Crippen LogP contribution in [0.4, 0.5) is 24.5 Å². The summed E-state index contributed by atoms with van der Waals surface area (Å²) >= 11 is 0. The van der Waals surface area contributed by atoms with E-state index in [2.05, 4.69) is 20.8 Å². The van der Waals surface area contributed by atoms with Crippen molar-refractivity contribution >= 4 is 44.1 Å². The summed E-state index contributed by atoms with van der Waals surface area (Å²) in [4.78, 5) is 24.3. The molecule has 0 unspecified atom stereocenters. The molecule has 13 heteroatoms. The third-order valence-corrected chi connectivity index (χ3v) is 5.27. The van der Waals surface area contributed by atoms with Gasteiger partial charge in [0.25, 0.3) is 5.91 Å². The SMILES string of the molecule is Cc1cc(C(=O)NCC(=O)Nc2ccc3cn[nH]c3c2)ccc1NS(=O)(=O)C(F)(F)F. The molecule has 2 aromatic carbocycles. The number of aromatic amines is 1. The van der Waals surface area contributed by atoms with Crippen molar-refractivity contribution in [3.63, 3.8) is 0 Å². The molecule has 9 nitrogen and oxygen atoms in total. The van der Waals surface area contributed by atoms with Gasteiger partial charge in [0.15, 0.2) is 0 Å². The number of sulfonamides is 1. The van der Waals surface area contributed by atoms with E-state index in [4.69, 9.17) is 0 Å². The molecule has 0 aliphatic heterocycles. The average molecular weight is 455 g/mol. The van der Waals surface area contributed by atoms with Gasteiger partial charge in [-0.1, -0.05) is 0 Å². The normalized spacial score (nSPS) is 11.9. The molecule has 0 aliphatic rings. The quantitative estimate of drug-likeness (QED) is 0.453. The van der Waals surface area contributed by atoms with Crippen LogP contribution in [0.15, 0.2) is 42.6 Å². The Morgan fingerprint density at radius 3 is 2.55 bits per heavy atom. The van der Waals surface area contributed by atoms with E-state index in [0.717, 1.165) is 23.0 Å². The minimum absolute atomic E-state index is 0.0409. The zero-order valence-electron chi connectivity index (χ0n) is 15.9. The number of benzene rings is 2. The number of hydrogen-bond donors (Lipinski definition) is 4. The fourth-order valence-electron chi connectivity index (χ4n) is 2.60. The minimum atomic E-state index is -5.58. The van der Waals surface area contributed by atoms with E-state index in [1.807, 2.05) is 0 Å². The molecular weight excluding hydrogens is 439 g/mol. The number of halogens is 3. The van der Waals surface area contributed by atoms with Gasteiger partial charge < -0.3 is 10.6 Å². The van der Waals surface area contributed by atoms with E-state index >= 15 is 0 Å². The molecule has 0 radical (unpaired) electrons. The summed E-state index contributed by atoms with van der Waals surface area (Å²) in [7, 11) is -5.58. The van der Waals surface area contributed by atoms with Gasteiger partial charge in [-0.3, -0.25) is 19.4 Å². The van der Waals surface area contributed by atoms with E-state index in [9.17, 15) is 31.2 Å². The molecule has 0 atom stereocenters. The molecule has 0 aliphatic carbocycles. The fraction of sp³-hybridized carbons (Fsp3) is 0.167. The number of fused-ring (bicyclic) bond motifs is 1. The molecule has 3 rings (SSSR count). The minimum Gasteiger partial charge on any atom is -0.343 e. The molecule has 164 valence electrons. The fourth-order valence-corrected chi connectivity index (χ4v) is 3.24. The summed E-state index contributed by atoms with van der Waals surface area (Å²) in [5.74, 6) is -1.16. The number of amides is 2. The lowest BCUT2D eigenvalue weighted by molar-refractivity contribution is -0.115. The summed E-state index contributed by atoms with van der Waals surface area (Å²) in [6.45, 7) is 0.977. The van der Waals surface area contributed by atoms with Crippen LogP contribution in [0.5, 0.6) is 0 Å². The molecule has 0 spiro atoms. The van der Waals surface area contributed by atoms with Crippen molar-refractivity contribution in [2.75, 3.05) is 16.6 Å². The Kier molecular flexibility index (Phi) is 5.88. The van der Waals surface area contributed by atoms with Crippen molar-refractivity contribution in [3.8, 4) is 0 Å². The average Bonchev–Trinajstić information content (AvgIpc) is 3.14. The van der Waals surface area contributed by atoms with Gasteiger partial charge in [-0.25, -0.2) is 0 Å². The van der Waals surface area contributed by atoms with Crippen molar-refractivity contribution in [1.82, 2.24) is 15.5 Å². The Morgan fingerprint density at radius 2 is 1.87 bits per heavy atom. The Hall–Kier alpha value is -3.61.